The number of urea groups is 1. The van der Waals surface area contributed by atoms with Crippen LogP contribution >= 0.6 is 15.9 Å². The molecule has 6 rings (SSSR count). The van der Waals surface area contributed by atoms with Gasteiger partial charge in [-0.2, -0.15) is 0 Å². The average molecular weight is 695 g/mol. The largest absolute Gasteiger partial charge is 0.490 e. The lowest BCUT2D eigenvalue weighted by molar-refractivity contribution is 0.0698. The van der Waals surface area contributed by atoms with Crippen molar-refractivity contribution in [2.45, 2.75) is 37.8 Å². The maximum atomic E-state index is 12.7. The van der Waals surface area contributed by atoms with E-state index in [4.69, 9.17) is 9.47 Å². The standard InChI is InChI=1S/C37H32BrN3O6/c38-26-9-11-27(12-10-26)39-37(45)40-28-13-19-30(20-14-28)47-32-18-8-24-21-31(17-7-25(24)22-32)46-29-15-5-23(6-16-29)35(42)41-34-4-2-1-3-33(34)36(43)44/h1-12,15-18,21-22,28,30H,13-14,19-20H2,(H,41,42)(H,43,44)(H2,39,40,45). The molecular formula is C37H32BrN3O6. The lowest BCUT2D eigenvalue weighted by atomic mass is 9.93. The summed E-state index contributed by atoms with van der Waals surface area (Å²) in [6.07, 6.45) is 3.47. The van der Waals surface area contributed by atoms with Crippen molar-refractivity contribution in [1.82, 2.24) is 5.32 Å². The molecule has 1 saturated carbocycles. The molecule has 238 valence electrons. The van der Waals surface area contributed by atoms with Gasteiger partial charge in [-0.05, 0) is 121 Å². The van der Waals surface area contributed by atoms with Crippen LogP contribution in [0.15, 0.2) is 114 Å². The summed E-state index contributed by atoms with van der Waals surface area (Å²) >= 11 is 3.40. The Balaban J connectivity index is 0.994. The molecule has 5 aromatic carbocycles. The number of amides is 3. The molecule has 0 aliphatic heterocycles. The predicted molar refractivity (Wildman–Crippen MR) is 185 cm³/mol. The second kappa shape index (κ2) is 14.4. The topological polar surface area (TPSA) is 126 Å². The molecule has 1 aliphatic rings. The number of hydrogen-bond acceptors (Lipinski definition) is 5. The Morgan fingerprint density at radius 1 is 0.702 bits per heavy atom. The third-order valence-corrected chi connectivity index (χ3v) is 8.48. The molecule has 0 aromatic heterocycles. The van der Waals surface area contributed by atoms with E-state index in [-0.39, 0.29) is 29.4 Å². The van der Waals surface area contributed by atoms with Gasteiger partial charge >= 0.3 is 12.0 Å². The van der Waals surface area contributed by atoms with Gasteiger partial charge in [-0.1, -0.05) is 40.2 Å². The maximum Gasteiger partial charge on any atom is 0.337 e. The van der Waals surface area contributed by atoms with Crippen LogP contribution < -0.4 is 25.4 Å². The van der Waals surface area contributed by atoms with E-state index in [1.165, 1.54) is 6.07 Å². The third kappa shape index (κ3) is 8.28. The van der Waals surface area contributed by atoms with Crippen LogP contribution in [-0.2, 0) is 0 Å². The van der Waals surface area contributed by atoms with E-state index in [2.05, 4.69) is 31.9 Å². The maximum absolute atomic E-state index is 12.7. The van der Waals surface area contributed by atoms with E-state index < -0.39 is 11.9 Å². The second-order valence-electron chi connectivity index (χ2n) is 11.3. The molecule has 0 saturated heterocycles. The van der Waals surface area contributed by atoms with Gasteiger partial charge in [0.05, 0.1) is 17.4 Å². The Morgan fingerprint density at radius 2 is 1.34 bits per heavy atom. The van der Waals surface area contributed by atoms with Crippen molar-refractivity contribution in [1.29, 1.82) is 0 Å². The highest BCUT2D eigenvalue weighted by Gasteiger charge is 2.24. The lowest BCUT2D eigenvalue weighted by Crippen LogP contribution is -2.41. The summed E-state index contributed by atoms with van der Waals surface area (Å²) in [4.78, 5) is 36.5. The summed E-state index contributed by atoms with van der Waals surface area (Å²) in [5, 5.41) is 20.0. The number of ether oxygens (including phenoxy) is 2. The van der Waals surface area contributed by atoms with Gasteiger partial charge in [0, 0.05) is 21.8 Å². The number of nitrogens with one attached hydrogen (secondary N) is 3. The molecule has 1 aliphatic carbocycles. The van der Waals surface area contributed by atoms with Crippen LogP contribution in [0.4, 0.5) is 16.2 Å². The Bertz CT molecular complexity index is 1900. The summed E-state index contributed by atoms with van der Waals surface area (Å²) < 4.78 is 13.3. The highest BCUT2D eigenvalue weighted by molar-refractivity contribution is 9.10. The quantitative estimate of drug-likeness (QED) is 0.122. The first-order chi connectivity index (χ1) is 22.8. The number of para-hydroxylation sites is 1. The van der Waals surface area contributed by atoms with E-state index in [0.717, 1.165) is 52.4 Å². The summed E-state index contributed by atoms with van der Waals surface area (Å²) in [7, 11) is 0. The minimum Gasteiger partial charge on any atom is -0.490 e. The van der Waals surface area contributed by atoms with Crippen LogP contribution in [0.3, 0.4) is 0 Å². The zero-order valence-electron chi connectivity index (χ0n) is 25.2. The first kappa shape index (κ1) is 31.6. The van der Waals surface area contributed by atoms with Crippen molar-refractivity contribution >= 4 is 56.0 Å². The van der Waals surface area contributed by atoms with Gasteiger partial charge < -0.3 is 30.5 Å². The number of anilines is 2. The van der Waals surface area contributed by atoms with Crippen LogP contribution in [-0.4, -0.2) is 35.2 Å². The second-order valence-corrected chi connectivity index (χ2v) is 12.2. The summed E-state index contributed by atoms with van der Waals surface area (Å²) in [5.41, 5.74) is 1.37. The molecule has 5 aromatic rings. The molecule has 1 fully saturated rings. The molecule has 9 nitrogen and oxygen atoms in total. The van der Waals surface area contributed by atoms with Gasteiger partial charge in [-0.15, -0.1) is 0 Å². The number of fused-ring (bicyclic) bond motifs is 1. The van der Waals surface area contributed by atoms with Gasteiger partial charge in [-0.25, -0.2) is 9.59 Å². The molecule has 47 heavy (non-hydrogen) atoms. The predicted octanol–water partition coefficient (Wildman–Crippen LogP) is 8.86. The lowest BCUT2D eigenvalue weighted by Gasteiger charge is -2.29. The van der Waals surface area contributed by atoms with Crippen molar-refractivity contribution < 1.29 is 29.0 Å². The smallest absolute Gasteiger partial charge is 0.337 e. The van der Waals surface area contributed by atoms with Crippen LogP contribution in [0.25, 0.3) is 10.8 Å². The molecule has 3 amide bonds. The van der Waals surface area contributed by atoms with E-state index >= 15 is 0 Å². The summed E-state index contributed by atoms with van der Waals surface area (Å²) in [6.45, 7) is 0. The number of halogens is 1. The van der Waals surface area contributed by atoms with Gasteiger partial charge in [0.25, 0.3) is 5.91 Å². The zero-order chi connectivity index (χ0) is 32.8. The van der Waals surface area contributed by atoms with Gasteiger partial charge in [0.1, 0.15) is 17.2 Å². The fourth-order valence-electron chi connectivity index (χ4n) is 5.53. The Hall–Kier alpha value is -5.35. The SMILES string of the molecule is O=C(Nc1ccc(Br)cc1)NC1CCC(Oc2ccc3cc(Oc4ccc(C(=O)Nc5ccccc5C(=O)O)cc4)ccc3c2)CC1. The van der Waals surface area contributed by atoms with Crippen molar-refractivity contribution in [2.75, 3.05) is 10.6 Å². The van der Waals surface area contributed by atoms with Crippen LogP contribution in [0.1, 0.15) is 46.4 Å². The number of rotatable bonds is 9. The number of hydrogen-bond donors (Lipinski definition) is 4. The number of carboxylic acid groups (broad SMARTS) is 1. The number of benzene rings is 5. The highest BCUT2D eigenvalue weighted by Crippen LogP contribution is 2.30. The monoisotopic (exact) mass is 693 g/mol. The molecule has 0 heterocycles. The fraction of sp³-hybridized carbons (Fsp3) is 0.162. The number of carbonyl (C=O) groups is 3. The van der Waals surface area contributed by atoms with E-state index in [1.54, 1.807) is 42.5 Å². The molecule has 0 spiro atoms. The molecule has 10 heteroatoms. The molecule has 0 bridgehead atoms. The molecule has 4 N–H and O–H groups in total. The minimum atomic E-state index is -1.11. The van der Waals surface area contributed by atoms with Crippen LogP contribution in [0.2, 0.25) is 0 Å². The number of carboxylic acids is 1. The molecular weight excluding hydrogens is 662 g/mol. The Kier molecular flexibility index (Phi) is 9.68. The van der Waals surface area contributed by atoms with Crippen molar-refractivity contribution in [3.8, 4) is 17.2 Å². The van der Waals surface area contributed by atoms with Crippen LogP contribution in [0, 0.1) is 0 Å². The normalized spacial score (nSPS) is 15.8. The van der Waals surface area contributed by atoms with Crippen molar-refractivity contribution in [3.63, 3.8) is 0 Å². The van der Waals surface area contributed by atoms with Crippen molar-refractivity contribution in [3.05, 3.63) is 125 Å². The fourth-order valence-corrected chi connectivity index (χ4v) is 5.79. The summed E-state index contributed by atoms with van der Waals surface area (Å²) in [5.74, 6) is 0.474. The average Bonchev–Trinajstić information content (AvgIpc) is 3.07. The van der Waals surface area contributed by atoms with Gasteiger partial charge in [0.15, 0.2) is 0 Å². The van der Waals surface area contributed by atoms with Crippen LogP contribution in [0.5, 0.6) is 17.2 Å². The molecule has 0 unspecified atom stereocenters. The number of carbonyl (C=O) groups excluding carboxylic acids is 2. The van der Waals surface area contributed by atoms with E-state index in [9.17, 15) is 19.5 Å². The first-order valence-corrected chi connectivity index (χ1v) is 16.0. The Labute approximate surface area is 280 Å². The summed E-state index contributed by atoms with van der Waals surface area (Å²) in [6, 6.07) is 32.1. The van der Waals surface area contributed by atoms with Gasteiger partial charge in [0.2, 0.25) is 0 Å². The Morgan fingerprint density at radius 3 is 2.04 bits per heavy atom. The minimum absolute atomic E-state index is 0.0203. The number of aromatic carboxylic acids is 1. The third-order valence-electron chi connectivity index (χ3n) is 7.96. The highest BCUT2D eigenvalue weighted by atomic mass is 79.9. The molecule has 0 atom stereocenters. The van der Waals surface area contributed by atoms with E-state index in [0.29, 0.717) is 17.1 Å². The first-order valence-electron chi connectivity index (χ1n) is 15.2. The molecule has 0 radical (unpaired) electrons. The van der Waals surface area contributed by atoms with E-state index in [1.807, 2.05) is 60.7 Å². The van der Waals surface area contributed by atoms with Crippen molar-refractivity contribution in [2.24, 2.45) is 0 Å². The van der Waals surface area contributed by atoms with Gasteiger partial charge in [-0.3, -0.25) is 4.79 Å². The zero-order valence-corrected chi connectivity index (χ0v) is 26.8.